The molecular weight excluding hydrogens is 308 g/mol. The number of rotatable bonds is 4. The number of amides is 2. The summed E-state index contributed by atoms with van der Waals surface area (Å²) in [7, 11) is 3.33. The summed E-state index contributed by atoms with van der Waals surface area (Å²) in [5.74, 6) is 2.16. The molecule has 0 saturated carbocycles. The van der Waals surface area contributed by atoms with E-state index in [2.05, 4.69) is 5.32 Å². The Balaban J connectivity index is 1.63. The van der Waals surface area contributed by atoms with Crippen molar-refractivity contribution in [1.82, 2.24) is 4.90 Å². The van der Waals surface area contributed by atoms with E-state index in [1.54, 1.807) is 25.1 Å². The van der Waals surface area contributed by atoms with Crippen LogP contribution in [0.2, 0.25) is 0 Å². The maximum atomic E-state index is 12.3. The highest BCUT2D eigenvalue weighted by Crippen LogP contribution is 2.31. The fraction of sp³-hybridized carbons (Fsp3) is 0.278. The van der Waals surface area contributed by atoms with E-state index in [9.17, 15) is 4.79 Å². The molecule has 2 amide bonds. The SMILES string of the molecule is COc1cccc(NC(=O)N(C)Cc2ccc3c(c2)OCCO3)c1. The zero-order valence-corrected chi connectivity index (χ0v) is 13.7. The number of benzene rings is 2. The fourth-order valence-electron chi connectivity index (χ4n) is 2.45. The minimum absolute atomic E-state index is 0.196. The van der Waals surface area contributed by atoms with Crippen LogP contribution in [-0.4, -0.2) is 38.3 Å². The van der Waals surface area contributed by atoms with Crippen molar-refractivity contribution >= 4 is 11.7 Å². The van der Waals surface area contributed by atoms with Gasteiger partial charge >= 0.3 is 6.03 Å². The third kappa shape index (κ3) is 3.71. The molecule has 0 radical (unpaired) electrons. The summed E-state index contributed by atoms with van der Waals surface area (Å²) in [6.45, 7) is 1.57. The fourth-order valence-corrected chi connectivity index (χ4v) is 2.45. The van der Waals surface area contributed by atoms with Crippen LogP contribution in [0.25, 0.3) is 0 Å². The molecule has 3 rings (SSSR count). The number of carbonyl (C=O) groups excluding carboxylic acids is 1. The van der Waals surface area contributed by atoms with Gasteiger partial charge in [-0.05, 0) is 29.8 Å². The van der Waals surface area contributed by atoms with E-state index in [0.717, 1.165) is 17.1 Å². The summed E-state index contributed by atoms with van der Waals surface area (Å²) in [5, 5.41) is 2.85. The first kappa shape index (κ1) is 16.0. The second-order valence-corrected chi connectivity index (χ2v) is 5.50. The normalized spacial score (nSPS) is 12.4. The van der Waals surface area contributed by atoms with E-state index in [4.69, 9.17) is 14.2 Å². The van der Waals surface area contributed by atoms with Gasteiger partial charge in [0.15, 0.2) is 11.5 Å². The Morgan fingerprint density at radius 2 is 1.96 bits per heavy atom. The standard InChI is InChI=1S/C18H20N2O4/c1-20(18(21)19-14-4-3-5-15(11-14)22-2)12-13-6-7-16-17(10-13)24-9-8-23-16/h3-7,10-11H,8-9,12H2,1-2H3,(H,19,21). The number of anilines is 1. The maximum absolute atomic E-state index is 12.3. The molecule has 1 aliphatic rings. The third-order valence-electron chi connectivity index (χ3n) is 3.69. The van der Waals surface area contributed by atoms with E-state index in [0.29, 0.717) is 31.2 Å². The molecule has 126 valence electrons. The molecule has 1 N–H and O–H groups in total. The molecule has 1 aliphatic heterocycles. The minimum Gasteiger partial charge on any atom is -0.497 e. The van der Waals surface area contributed by atoms with Gasteiger partial charge in [0.05, 0.1) is 7.11 Å². The lowest BCUT2D eigenvalue weighted by Crippen LogP contribution is -2.30. The topological polar surface area (TPSA) is 60.0 Å². The molecule has 0 spiro atoms. The molecule has 0 bridgehead atoms. The summed E-state index contributed by atoms with van der Waals surface area (Å²) in [6, 6.07) is 12.8. The molecule has 0 fully saturated rings. The number of hydrogen-bond acceptors (Lipinski definition) is 4. The average molecular weight is 328 g/mol. The minimum atomic E-state index is -0.196. The van der Waals surface area contributed by atoms with Crippen molar-refractivity contribution in [1.29, 1.82) is 0 Å². The monoisotopic (exact) mass is 328 g/mol. The number of methoxy groups -OCH3 is 1. The third-order valence-corrected chi connectivity index (χ3v) is 3.69. The molecule has 0 atom stereocenters. The summed E-state index contributed by atoms with van der Waals surface area (Å²) in [5.41, 5.74) is 1.66. The second kappa shape index (κ2) is 7.12. The van der Waals surface area contributed by atoms with Gasteiger partial charge in [0, 0.05) is 25.3 Å². The largest absolute Gasteiger partial charge is 0.497 e. The van der Waals surface area contributed by atoms with Crippen molar-refractivity contribution in [3.63, 3.8) is 0 Å². The lowest BCUT2D eigenvalue weighted by molar-refractivity contribution is 0.171. The summed E-state index contributed by atoms with van der Waals surface area (Å²) in [4.78, 5) is 13.9. The summed E-state index contributed by atoms with van der Waals surface area (Å²) in [6.07, 6.45) is 0. The van der Waals surface area contributed by atoms with Gasteiger partial charge < -0.3 is 24.4 Å². The van der Waals surface area contributed by atoms with Gasteiger partial charge in [0.1, 0.15) is 19.0 Å². The highest BCUT2D eigenvalue weighted by molar-refractivity contribution is 5.89. The van der Waals surface area contributed by atoms with Crippen molar-refractivity contribution in [3.8, 4) is 17.2 Å². The lowest BCUT2D eigenvalue weighted by atomic mass is 10.2. The van der Waals surface area contributed by atoms with Crippen LogP contribution in [0.4, 0.5) is 10.5 Å². The molecule has 6 nitrogen and oxygen atoms in total. The van der Waals surface area contributed by atoms with Crippen molar-refractivity contribution < 1.29 is 19.0 Å². The zero-order chi connectivity index (χ0) is 16.9. The molecule has 0 aliphatic carbocycles. The predicted molar refractivity (Wildman–Crippen MR) is 90.9 cm³/mol. The van der Waals surface area contributed by atoms with Crippen LogP contribution in [0.1, 0.15) is 5.56 Å². The Kier molecular flexibility index (Phi) is 4.74. The first-order chi connectivity index (χ1) is 11.7. The Morgan fingerprint density at radius 3 is 2.75 bits per heavy atom. The summed E-state index contributed by atoms with van der Waals surface area (Å²) < 4.78 is 16.2. The van der Waals surface area contributed by atoms with Crippen molar-refractivity contribution in [3.05, 3.63) is 48.0 Å². The molecule has 1 heterocycles. The first-order valence-electron chi connectivity index (χ1n) is 7.70. The number of hydrogen-bond donors (Lipinski definition) is 1. The van der Waals surface area contributed by atoms with Crippen molar-refractivity contribution in [2.24, 2.45) is 0 Å². The predicted octanol–water partition coefficient (Wildman–Crippen LogP) is 3.13. The number of urea groups is 1. The van der Waals surface area contributed by atoms with Crippen LogP contribution in [0.3, 0.4) is 0 Å². The molecule has 6 heteroatoms. The quantitative estimate of drug-likeness (QED) is 0.937. The lowest BCUT2D eigenvalue weighted by Gasteiger charge is -2.21. The van der Waals surface area contributed by atoms with Gasteiger partial charge in [-0.1, -0.05) is 12.1 Å². The van der Waals surface area contributed by atoms with E-state index in [-0.39, 0.29) is 6.03 Å². The average Bonchev–Trinajstić information content (AvgIpc) is 2.61. The van der Waals surface area contributed by atoms with E-state index < -0.39 is 0 Å². The number of ether oxygens (including phenoxy) is 3. The number of nitrogens with zero attached hydrogens (tertiary/aromatic N) is 1. The Hall–Kier alpha value is -2.89. The van der Waals surface area contributed by atoms with Gasteiger partial charge in [-0.25, -0.2) is 4.79 Å². The van der Waals surface area contributed by atoms with Crippen LogP contribution in [-0.2, 0) is 6.54 Å². The second-order valence-electron chi connectivity index (χ2n) is 5.50. The molecule has 0 unspecified atom stereocenters. The molecule has 0 saturated heterocycles. The molecule has 24 heavy (non-hydrogen) atoms. The molecule has 0 aromatic heterocycles. The van der Waals surface area contributed by atoms with Crippen molar-refractivity contribution in [2.45, 2.75) is 6.54 Å². The molecular formula is C18H20N2O4. The van der Waals surface area contributed by atoms with Crippen LogP contribution < -0.4 is 19.5 Å². The Labute approximate surface area is 140 Å². The number of nitrogens with one attached hydrogen (secondary N) is 1. The van der Waals surface area contributed by atoms with Crippen LogP contribution in [0.15, 0.2) is 42.5 Å². The van der Waals surface area contributed by atoms with Gasteiger partial charge in [0.25, 0.3) is 0 Å². The van der Waals surface area contributed by atoms with Crippen LogP contribution in [0, 0.1) is 0 Å². The molecule has 2 aromatic carbocycles. The van der Waals surface area contributed by atoms with Gasteiger partial charge in [-0.15, -0.1) is 0 Å². The number of carbonyl (C=O) groups is 1. The Morgan fingerprint density at radius 1 is 1.17 bits per heavy atom. The van der Waals surface area contributed by atoms with E-state index in [1.165, 1.54) is 0 Å². The highest BCUT2D eigenvalue weighted by Gasteiger charge is 2.14. The highest BCUT2D eigenvalue weighted by atomic mass is 16.6. The van der Waals surface area contributed by atoms with Gasteiger partial charge in [-0.2, -0.15) is 0 Å². The Bertz CT molecular complexity index is 733. The van der Waals surface area contributed by atoms with Gasteiger partial charge in [-0.3, -0.25) is 0 Å². The smallest absolute Gasteiger partial charge is 0.321 e. The van der Waals surface area contributed by atoms with Crippen LogP contribution >= 0.6 is 0 Å². The maximum Gasteiger partial charge on any atom is 0.321 e. The first-order valence-corrected chi connectivity index (χ1v) is 7.70. The van der Waals surface area contributed by atoms with E-state index >= 15 is 0 Å². The van der Waals surface area contributed by atoms with Crippen LogP contribution in [0.5, 0.6) is 17.2 Å². The number of fused-ring (bicyclic) bond motifs is 1. The summed E-state index contributed by atoms with van der Waals surface area (Å²) >= 11 is 0. The van der Waals surface area contributed by atoms with Crippen molar-refractivity contribution in [2.75, 3.05) is 32.7 Å². The van der Waals surface area contributed by atoms with Gasteiger partial charge in [0.2, 0.25) is 0 Å². The zero-order valence-electron chi connectivity index (χ0n) is 13.7. The molecule has 2 aromatic rings. The van der Waals surface area contributed by atoms with E-state index in [1.807, 2.05) is 36.4 Å².